The number of nitrogens with zero attached hydrogens (tertiary/aromatic N) is 2. The molecule has 0 saturated carbocycles. The molecule has 2 heterocycles. The van der Waals surface area contributed by atoms with Crippen molar-refractivity contribution in [3.63, 3.8) is 0 Å². The van der Waals surface area contributed by atoms with Gasteiger partial charge in [0.1, 0.15) is 11.2 Å². The summed E-state index contributed by atoms with van der Waals surface area (Å²) in [5.74, 6) is 0. The van der Waals surface area contributed by atoms with Crippen molar-refractivity contribution in [3.05, 3.63) is 205 Å². The zero-order chi connectivity index (χ0) is 38.5. The van der Waals surface area contributed by atoms with Gasteiger partial charge < -0.3 is 13.9 Å². The molecule has 0 radical (unpaired) electrons. The second kappa shape index (κ2) is 12.3. The Hall–Kier alpha value is -7.36. The van der Waals surface area contributed by atoms with Crippen molar-refractivity contribution in [3.8, 4) is 27.9 Å². The minimum Gasteiger partial charge on any atom is -0.455 e. The Kier molecular flexibility index (Phi) is 6.98. The van der Waals surface area contributed by atoms with Crippen LogP contribution in [-0.2, 0) is 5.41 Å². The predicted octanol–water partition coefficient (Wildman–Crippen LogP) is 15.3. The Balaban J connectivity index is 1.00. The van der Waals surface area contributed by atoms with Crippen LogP contribution in [0, 0.1) is 0 Å². The molecule has 0 spiro atoms. The molecule has 0 aliphatic heterocycles. The van der Waals surface area contributed by atoms with Gasteiger partial charge in [-0.1, -0.05) is 129 Å². The summed E-state index contributed by atoms with van der Waals surface area (Å²) in [4.78, 5) is 2.39. The molecule has 3 heteroatoms. The largest absolute Gasteiger partial charge is 0.455 e. The summed E-state index contributed by atoms with van der Waals surface area (Å²) < 4.78 is 8.95. The fraction of sp³-hybridized carbons (Fsp3) is 0.0545. The molecule has 1 aliphatic rings. The van der Waals surface area contributed by atoms with E-state index in [0.717, 1.165) is 61.1 Å². The van der Waals surface area contributed by atoms with E-state index >= 15 is 0 Å². The van der Waals surface area contributed by atoms with E-state index in [1.54, 1.807) is 0 Å². The lowest BCUT2D eigenvalue weighted by Gasteiger charge is -2.27. The second-order valence-electron chi connectivity index (χ2n) is 16.1. The zero-order valence-corrected chi connectivity index (χ0v) is 32.3. The number of para-hydroxylation sites is 2. The molecule has 3 nitrogen and oxygen atoms in total. The number of hydrogen-bond acceptors (Lipinski definition) is 2. The van der Waals surface area contributed by atoms with E-state index < -0.39 is 0 Å². The molecule has 58 heavy (non-hydrogen) atoms. The van der Waals surface area contributed by atoms with E-state index in [0.29, 0.717) is 0 Å². The quantitative estimate of drug-likeness (QED) is 0.175. The van der Waals surface area contributed by atoms with Gasteiger partial charge in [0.05, 0.1) is 16.4 Å². The first-order chi connectivity index (χ1) is 28.5. The summed E-state index contributed by atoms with van der Waals surface area (Å²) in [5, 5.41) is 7.11. The predicted molar refractivity (Wildman–Crippen MR) is 243 cm³/mol. The van der Waals surface area contributed by atoms with Gasteiger partial charge in [0.25, 0.3) is 0 Å². The summed E-state index contributed by atoms with van der Waals surface area (Å²) in [6.07, 6.45) is 0. The Morgan fingerprint density at radius 1 is 0.448 bits per heavy atom. The Bertz CT molecular complexity index is 3420. The van der Waals surface area contributed by atoms with Crippen LogP contribution in [0.5, 0.6) is 0 Å². The third-order valence-corrected chi connectivity index (χ3v) is 12.6. The van der Waals surface area contributed by atoms with Gasteiger partial charge in [0.15, 0.2) is 0 Å². The molecule has 2 aromatic heterocycles. The minimum atomic E-state index is -0.0608. The monoisotopic (exact) mass is 742 g/mol. The van der Waals surface area contributed by atoms with Crippen LogP contribution in [0.1, 0.15) is 25.0 Å². The molecule has 0 atom stereocenters. The average Bonchev–Trinajstić information content (AvgIpc) is 3.90. The van der Waals surface area contributed by atoms with Crippen molar-refractivity contribution in [2.45, 2.75) is 19.3 Å². The molecule has 0 saturated heterocycles. The highest BCUT2D eigenvalue weighted by molar-refractivity contribution is 6.23. The van der Waals surface area contributed by atoms with Crippen LogP contribution in [0.4, 0.5) is 17.1 Å². The molecule has 0 unspecified atom stereocenters. The van der Waals surface area contributed by atoms with Crippen molar-refractivity contribution in [1.29, 1.82) is 0 Å². The van der Waals surface area contributed by atoms with Crippen molar-refractivity contribution >= 4 is 71.6 Å². The lowest BCUT2D eigenvalue weighted by molar-refractivity contribution is 0.660. The summed E-state index contributed by atoms with van der Waals surface area (Å²) in [5.41, 5.74) is 16.3. The average molecular weight is 743 g/mol. The molecule has 274 valence electrons. The first-order valence-corrected chi connectivity index (χ1v) is 20.1. The zero-order valence-electron chi connectivity index (χ0n) is 32.3. The highest BCUT2D eigenvalue weighted by atomic mass is 16.3. The fourth-order valence-corrected chi connectivity index (χ4v) is 9.73. The minimum absolute atomic E-state index is 0.0608. The second-order valence-corrected chi connectivity index (χ2v) is 16.1. The van der Waals surface area contributed by atoms with E-state index in [2.05, 4.69) is 211 Å². The Morgan fingerprint density at radius 2 is 1.10 bits per heavy atom. The van der Waals surface area contributed by atoms with E-state index in [-0.39, 0.29) is 5.41 Å². The van der Waals surface area contributed by atoms with E-state index in [1.165, 1.54) is 49.5 Å². The summed E-state index contributed by atoms with van der Waals surface area (Å²) >= 11 is 0. The fourth-order valence-electron chi connectivity index (χ4n) is 9.73. The maximum atomic E-state index is 6.57. The third kappa shape index (κ3) is 4.80. The molecule has 12 rings (SSSR count). The van der Waals surface area contributed by atoms with Gasteiger partial charge in [-0.15, -0.1) is 0 Å². The molecule has 0 amide bonds. The molecule has 0 N–H and O–H groups in total. The molecule has 0 bridgehead atoms. The van der Waals surface area contributed by atoms with Gasteiger partial charge in [-0.2, -0.15) is 0 Å². The van der Waals surface area contributed by atoms with Crippen molar-refractivity contribution < 1.29 is 4.42 Å². The summed E-state index contributed by atoms with van der Waals surface area (Å²) in [6.45, 7) is 4.68. The summed E-state index contributed by atoms with van der Waals surface area (Å²) in [6, 6.07) is 70.7. The van der Waals surface area contributed by atoms with E-state index in [1.807, 2.05) is 6.07 Å². The SMILES string of the molecule is CC1(C)c2ccccc2-c2cc(N(c3ccc(-c4ccc5ccccc5c4)cc3)c3ccc(-n4c5ccccc5c5c6oc7ccccc7c6ccc54)cc3)ccc21. The van der Waals surface area contributed by atoms with Gasteiger partial charge in [0.2, 0.25) is 0 Å². The molecular weight excluding hydrogens is 705 g/mol. The number of hydrogen-bond donors (Lipinski definition) is 0. The number of aromatic nitrogens is 1. The first-order valence-electron chi connectivity index (χ1n) is 20.1. The van der Waals surface area contributed by atoms with Gasteiger partial charge in [0, 0.05) is 44.3 Å². The van der Waals surface area contributed by atoms with Crippen molar-refractivity contribution in [2.75, 3.05) is 4.90 Å². The van der Waals surface area contributed by atoms with Crippen molar-refractivity contribution in [1.82, 2.24) is 4.57 Å². The highest BCUT2D eigenvalue weighted by Gasteiger charge is 2.35. The molecular formula is C55H38N2O. The van der Waals surface area contributed by atoms with Crippen LogP contribution in [0.2, 0.25) is 0 Å². The van der Waals surface area contributed by atoms with Crippen LogP contribution in [0.25, 0.3) is 82.5 Å². The molecule has 9 aromatic carbocycles. The number of benzene rings is 9. The Morgan fingerprint density at radius 3 is 1.95 bits per heavy atom. The topological polar surface area (TPSA) is 21.3 Å². The van der Waals surface area contributed by atoms with E-state index in [4.69, 9.17) is 4.42 Å². The van der Waals surface area contributed by atoms with Gasteiger partial charge >= 0.3 is 0 Å². The van der Waals surface area contributed by atoms with Crippen LogP contribution in [-0.4, -0.2) is 4.57 Å². The van der Waals surface area contributed by atoms with Crippen LogP contribution in [0.3, 0.4) is 0 Å². The normalized spacial score (nSPS) is 13.1. The number of rotatable bonds is 5. The van der Waals surface area contributed by atoms with E-state index in [9.17, 15) is 0 Å². The standard InChI is InChI=1S/C55H38N2O/c1-55(2)48-16-8-5-13-43(48)47-34-42(29-31-49(47)55)56(39-23-21-36(22-24-39)38-20-19-35-11-3-4-12-37(35)33-38)40-25-27-41(28-26-40)57-50-17-9-6-15-46(50)53-51(57)32-30-45-44-14-7-10-18-52(44)58-54(45)53/h3-34H,1-2H3. The molecule has 1 aliphatic carbocycles. The highest BCUT2D eigenvalue weighted by Crippen LogP contribution is 2.51. The van der Waals surface area contributed by atoms with Crippen LogP contribution < -0.4 is 4.90 Å². The van der Waals surface area contributed by atoms with Gasteiger partial charge in [-0.05, 0) is 123 Å². The number of furan rings is 1. The maximum absolute atomic E-state index is 6.57. The number of fused-ring (bicyclic) bond motifs is 11. The van der Waals surface area contributed by atoms with Gasteiger partial charge in [-0.3, -0.25) is 0 Å². The van der Waals surface area contributed by atoms with Crippen LogP contribution >= 0.6 is 0 Å². The molecule has 0 fully saturated rings. The van der Waals surface area contributed by atoms with Crippen molar-refractivity contribution in [2.24, 2.45) is 0 Å². The lowest BCUT2D eigenvalue weighted by Crippen LogP contribution is -2.15. The smallest absolute Gasteiger partial charge is 0.145 e. The van der Waals surface area contributed by atoms with Crippen LogP contribution in [0.15, 0.2) is 199 Å². The first kappa shape index (κ1) is 32.8. The Labute approximate surface area is 336 Å². The van der Waals surface area contributed by atoms with Gasteiger partial charge in [-0.25, -0.2) is 0 Å². The summed E-state index contributed by atoms with van der Waals surface area (Å²) in [7, 11) is 0. The molecule has 11 aromatic rings. The third-order valence-electron chi connectivity index (χ3n) is 12.6. The maximum Gasteiger partial charge on any atom is 0.145 e. The number of anilines is 3. The lowest BCUT2D eigenvalue weighted by atomic mass is 9.82.